The molecule has 3 rings (SSSR count). The average molecular weight is 412 g/mol. The van der Waals surface area contributed by atoms with E-state index in [0.717, 1.165) is 16.7 Å². The maximum absolute atomic E-state index is 12.4. The van der Waals surface area contributed by atoms with Crippen molar-refractivity contribution in [3.8, 4) is 11.4 Å². The third-order valence-corrected chi connectivity index (χ3v) is 4.17. The number of nitrogens with zero attached hydrogens (tertiary/aromatic N) is 5. The van der Waals surface area contributed by atoms with Crippen molar-refractivity contribution in [2.45, 2.75) is 18.4 Å². The van der Waals surface area contributed by atoms with Gasteiger partial charge in [0.05, 0.1) is 18.4 Å². The summed E-state index contributed by atoms with van der Waals surface area (Å²) in [5.74, 6) is 0.648. The van der Waals surface area contributed by atoms with E-state index in [1.165, 1.54) is 6.21 Å². The van der Waals surface area contributed by atoms with Crippen LogP contribution in [0.4, 0.5) is 3.89 Å². The van der Waals surface area contributed by atoms with E-state index in [1.807, 2.05) is 24.3 Å². The molecule has 0 radical (unpaired) electrons. The van der Waals surface area contributed by atoms with Crippen LogP contribution >= 0.6 is 12.1 Å². The zero-order chi connectivity index (χ0) is 20.5. The second-order valence-electron chi connectivity index (χ2n) is 5.90. The first-order chi connectivity index (χ1) is 14.1. The lowest BCUT2D eigenvalue weighted by molar-refractivity contribution is -0.125. The van der Waals surface area contributed by atoms with Crippen molar-refractivity contribution in [2.24, 2.45) is 5.16 Å². The first-order valence-corrected chi connectivity index (χ1v) is 9.30. The highest BCUT2D eigenvalue weighted by Crippen LogP contribution is 2.18. The molecule has 0 unspecified atom stereocenters. The monoisotopic (exact) mass is 412 g/mol. The standard InChI is InChI=1S/C19H17FN6O2S/c1-13-23-25-19(26-24-13)16-6-2-14(3-7-16)10-21-18(27)12-28-22-11-15-4-8-17(29-20)9-5-15/h2-9,11H,10,12H2,1H3,(H,21,27)/b22-11+. The van der Waals surface area contributed by atoms with Crippen molar-refractivity contribution in [2.75, 3.05) is 6.61 Å². The summed E-state index contributed by atoms with van der Waals surface area (Å²) in [6.45, 7) is 1.86. The molecule has 0 saturated carbocycles. The fourth-order valence-corrected chi connectivity index (χ4v) is 2.46. The summed E-state index contributed by atoms with van der Waals surface area (Å²) in [6.07, 6.45) is 1.45. The molecule has 1 heterocycles. The van der Waals surface area contributed by atoms with E-state index in [4.69, 9.17) is 4.84 Å². The van der Waals surface area contributed by atoms with Gasteiger partial charge in [0.2, 0.25) is 5.82 Å². The number of nitrogens with one attached hydrogen (secondary N) is 1. The minimum Gasteiger partial charge on any atom is -0.386 e. The van der Waals surface area contributed by atoms with E-state index < -0.39 is 0 Å². The van der Waals surface area contributed by atoms with Crippen LogP contribution in [0.1, 0.15) is 17.0 Å². The van der Waals surface area contributed by atoms with E-state index >= 15 is 0 Å². The maximum atomic E-state index is 12.4. The van der Waals surface area contributed by atoms with Crippen LogP contribution < -0.4 is 5.32 Å². The number of hydrogen-bond acceptors (Lipinski definition) is 8. The Hall–Kier alpha value is -3.40. The molecule has 0 spiro atoms. The third-order valence-electron chi connectivity index (χ3n) is 3.72. The van der Waals surface area contributed by atoms with Crippen molar-refractivity contribution >= 4 is 24.3 Å². The predicted octanol–water partition coefficient (Wildman–Crippen LogP) is 2.89. The van der Waals surface area contributed by atoms with Gasteiger partial charge in [0.1, 0.15) is 0 Å². The van der Waals surface area contributed by atoms with Gasteiger partial charge in [-0.15, -0.1) is 20.4 Å². The molecule has 2 aromatic carbocycles. The molecule has 1 N–H and O–H groups in total. The molecule has 148 valence electrons. The largest absolute Gasteiger partial charge is 0.386 e. The quantitative estimate of drug-likeness (QED) is 0.448. The van der Waals surface area contributed by atoms with Gasteiger partial charge in [-0.1, -0.05) is 41.6 Å². The molecule has 8 nitrogen and oxygen atoms in total. The Balaban J connectivity index is 1.41. The van der Waals surface area contributed by atoms with Crippen LogP contribution in [0.15, 0.2) is 58.6 Å². The fourth-order valence-electron chi connectivity index (χ4n) is 2.22. The summed E-state index contributed by atoms with van der Waals surface area (Å²) < 4.78 is 12.4. The predicted molar refractivity (Wildman–Crippen MR) is 107 cm³/mol. The number of carbonyl (C=O) groups excluding carboxylic acids is 1. The Bertz CT molecular complexity index is 965. The molecule has 0 aliphatic rings. The van der Waals surface area contributed by atoms with E-state index in [2.05, 4.69) is 30.9 Å². The second kappa shape index (κ2) is 10.2. The molecular formula is C19H17FN6O2S. The minimum absolute atomic E-state index is 0.173. The average Bonchev–Trinajstić information content (AvgIpc) is 2.76. The number of rotatable bonds is 8. The van der Waals surface area contributed by atoms with Gasteiger partial charge in [0, 0.05) is 17.0 Å². The summed E-state index contributed by atoms with van der Waals surface area (Å²) in [5, 5.41) is 22.2. The van der Waals surface area contributed by atoms with Gasteiger partial charge in [-0.05, 0) is 30.2 Å². The Morgan fingerprint density at radius 3 is 2.45 bits per heavy atom. The molecule has 0 aliphatic carbocycles. The normalized spacial score (nSPS) is 10.8. The summed E-state index contributed by atoms with van der Waals surface area (Å²) >= 11 is 0.173. The summed E-state index contributed by atoms with van der Waals surface area (Å²) in [4.78, 5) is 17.3. The second-order valence-corrected chi connectivity index (χ2v) is 6.52. The minimum atomic E-state index is -0.300. The van der Waals surface area contributed by atoms with Crippen LogP contribution in [0, 0.1) is 6.92 Å². The fraction of sp³-hybridized carbons (Fsp3) is 0.158. The number of amides is 1. The van der Waals surface area contributed by atoms with Crippen LogP contribution in [0.2, 0.25) is 0 Å². The Morgan fingerprint density at radius 2 is 1.79 bits per heavy atom. The van der Waals surface area contributed by atoms with Crippen LogP contribution in [0.25, 0.3) is 11.4 Å². The number of aromatic nitrogens is 4. The van der Waals surface area contributed by atoms with Crippen molar-refractivity contribution in [1.82, 2.24) is 25.7 Å². The number of carbonyl (C=O) groups is 1. The van der Waals surface area contributed by atoms with E-state index in [9.17, 15) is 8.68 Å². The molecular weight excluding hydrogens is 395 g/mol. The number of hydrogen-bond donors (Lipinski definition) is 1. The van der Waals surface area contributed by atoms with Gasteiger partial charge in [0.15, 0.2) is 12.4 Å². The number of benzene rings is 2. The van der Waals surface area contributed by atoms with Crippen LogP contribution in [0.3, 0.4) is 0 Å². The number of aryl methyl sites for hydroxylation is 1. The summed E-state index contributed by atoms with van der Waals surface area (Å²) in [5.41, 5.74) is 2.44. The van der Waals surface area contributed by atoms with Gasteiger partial charge in [-0.2, -0.15) is 3.89 Å². The van der Waals surface area contributed by atoms with Crippen LogP contribution in [0.5, 0.6) is 0 Å². The zero-order valence-electron chi connectivity index (χ0n) is 15.4. The van der Waals surface area contributed by atoms with E-state index in [0.29, 0.717) is 23.1 Å². The van der Waals surface area contributed by atoms with Crippen molar-refractivity contribution in [1.29, 1.82) is 0 Å². The molecule has 3 aromatic rings. The first-order valence-electron chi connectivity index (χ1n) is 8.58. The van der Waals surface area contributed by atoms with E-state index in [-0.39, 0.29) is 24.7 Å². The molecule has 1 amide bonds. The smallest absolute Gasteiger partial charge is 0.261 e. The molecule has 0 fully saturated rings. The summed E-state index contributed by atoms with van der Waals surface area (Å²) in [7, 11) is 0. The van der Waals surface area contributed by atoms with Gasteiger partial charge >= 0.3 is 0 Å². The van der Waals surface area contributed by atoms with Gasteiger partial charge in [0.25, 0.3) is 5.91 Å². The molecule has 0 saturated heterocycles. The number of oxime groups is 1. The summed E-state index contributed by atoms with van der Waals surface area (Å²) in [6, 6.07) is 14.0. The lowest BCUT2D eigenvalue weighted by Gasteiger charge is -2.05. The number of halogens is 1. The molecule has 1 aromatic heterocycles. The molecule has 10 heteroatoms. The molecule has 29 heavy (non-hydrogen) atoms. The third kappa shape index (κ3) is 6.32. The highest BCUT2D eigenvalue weighted by atomic mass is 32.2. The zero-order valence-corrected chi connectivity index (χ0v) is 16.3. The maximum Gasteiger partial charge on any atom is 0.261 e. The van der Waals surface area contributed by atoms with Gasteiger partial charge < -0.3 is 10.2 Å². The van der Waals surface area contributed by atoms with E-state index in [1.54, 1.807) is 31.2 Å². The Kier molecular flexibility index (Phi) is 7.17. The molecule has 0 atom stereocenters. The topological polar surface area (TPSA) is 102 Å². The highest BCUT2D eigenvalue weighted by Gasteiger charge is 2.05. The van der Waals surface area contributed by atoms with Gasteiger partial charge in [-0.3, -0.25) is 4.79 Å². The van der Waals surface area contributed by atoms with Crippen molar-refractivity contribution in [3.63, 3.8) is 0 Å². The lowest BCUT2D eigenvalue weighted by atomic mass is 10.1. The van der Waals surface area contributed by atoms with Crippen molar-refractivity contribution in [3.05, 3.63) is 65.5 Å². The van der Waals surface area contributed by atoms with Gasteiger partial charge in [-0.25, -0.2) is 0 Å². The lowest BCUT2D eigenvalue weighted by Crippen LogP contribution is -2.26. The molecule has 0 bridgehead atoms. The Labute approximate surface area is 170 Å². The highest BCUT2D eigenvalue weighted by molar-refractivity contribution is 7.94. The van der Waals surface area contributed by atoms with Crippen molar-refractivity contribution < 1.29 is 13.5 Å². The SMILES string of the molecule is Cc1nnc(-c2ccc(CNC(=O)CO/N=C/c3ccc(SF)cc3)cc2)nn1. The Morgan fingerprint density at radius 1 is 1.10 bits per heavy atom. The first kappa shape index (κ1) is 20.3. The molecule has 0 aliphatic heterocycles. The van der Waals surface area contributed by atoms with Crippen LogP contribution in [-0.2, 0) is 16.2 Å². The van der Waals surface area contributed by atoms with Crippen LogP contribution in [-0.4, -0.2) is 39.1 Å².